The molecule has 0 radical (unpaired) electrons. The van der Waals surface area contributed by atoms with Crippen molar-refractivity contribution in [2.75, 3.05) is 19.6 Å². The van der Waals surface area contributed by atoms with Crippen LogP contribution in [0, 0.1) is 5.92 Å². The normalized spacial score (nSPS) is 22.2. The van der Waals surface area contributed by atoms with Crippen LogP contribution in [0.3, 0.4) is 0 Å². The van der Waals surface area contributed by atoms with Crippen LogP contribution >= 0.6 is 0 Å². The highest BCUT2D eigenvalue weighted by molar-refractivity contribution is 5.75. The number of likely N-dealkylation sites (tertiary alicyclic amines) is 1. The molecule has 0 bridgehead atoms. The van der Waals surface area contributed by atoms with Crippen LogP contribution in [-0.2, 0) is 0 Å². The van der Waals surface area contributed by atoms with Crippen molar-refractivity contribution in [2.24, 2.45) is 5.92 Å². The van der Waals surface area contributed by atoms with E-state index in [4.69, 9.17) is 0 Å². The van der Waals surface area contributed by atoms with Crippen LogP contribution in [-0.4, -0.2) is 34.1 Å². The van der Waals surface area contributed by atoms with Crippen molar-refractivity contribution < 1.29 is 0 Å². The number of fused-ring (bicyclic) bond motifs is 1. The highest BCUT2D eigenvalue weighted by atomic mass is 16.1. The van der Waals surface area contributed by atoms with Crippen molar-refractivity contribution in [1.29, 1.82) is 0 Å². The summed E-state index contributed by atoms with van der Waals surface area (Å²) in [4.78, 5) is 18.2. The van der Waals surface area contributed by atoms with E-state index in [0.29, 0.717) is 6.04 Å². The zero-order chi connectivity index (χ0) is 18.5. The van der Waals surface area contributed by atoms with E-state index < -0.39 is 0 Å². The second kappa shape index (κ2) is 9.09. The number of piperidine rings is 1. The maximum atomic E-state index is 12.5. The Morgan fingerprint density at radius 3 is 2.19 bits per heavy atom. The summed E-state index contributed by atoms with van der Waals surface area (Å²) < 4.78 is 2.01. The molecule has 148 valence electrons. The number of para-hydroxylation sites is 2. The molecule has 1 aromatic carbocycles. The van der Waals surface area contributed by atoms with Gasteiger partial charge in [0.1, 0.15) is 0 Å². The minimum absolute atomic E-state index is 0.0574. The van der Waals surface area contributed by atoms with Crippen LogP contribution in [0.15, 0.2) is 29.1 Å². The van der Waals surface area contributed by atoms with Crippen LogP contribution in [0.2, 0.25) is 0 Å². The highest BCUT2D eigenvalue weighted by Crippen LogP contribution is 2.27. The van der Waals surface area contributed by atoms with Gasteiger partial charge >= 0.3 is 5.69 Å². The van der Waals surface area contributed by atoms with Gasteiger partial charge in [0.05, 0.1) is 11.0 Å². The third kappa shape index (κ3) is 4.66. The van der Waals surface area contributed by atoms with Gasteiger partial charge in [-0.3, -0.25) is 4.57 Å². The fourth-order valence-electron chi connectivity index (χ4n) is 5.24. The predicted molar refractivity (Wildman–Crippen MR) is 112 cm³/mol. The van der Waals surface area contributed by atoms with Gasteiger partial charge in [-0.05, 0) is 43.7 Å². The first-order chi connectivity index (χ1) is 13.3. The maximum Gasteiger partial charge on any atom is 0.326 e. The highest BCUT2D eigenvalue weighted by Gasteiger charge is 2.25. The monoisotopic (exact) mass is 369 g/mol. The Morgan fingerprint density at radius 2 is 1.48 bits per heavy atom. The molecule has 2 heterocycles. The minimum Gasteiger partial charge on any atom is -0.306 e. The van der Waals surface area contributed by atoms with Crippen molar-refractivity contribution in [2.45, 2.75) is 76.7 Å². The predicted octanol–water partition coefficient (Wildman–Crippen LogP) is 5.11. The van der Waals surface area contributed by atoms with E-state index in [1.54, 1.807) is 0 Å². The molecule has 2 aliphatic rings. The van der Waals surface area contributed by atoms with E-state index in [-0.39, 0.29) is 5.69 Å². The number of nitrogens with one attached hydrogen (secondary N) is 1. The van der Waals surface area contributed by atoms with E-state index >= 15 is 0 Å². The number of hydrogen-bond donors (Lipinski definition) is 1. The Kier molecular flexibility index (Phi) is 6.33. The largest absolute Gasteiger partial charge is 0.326 e. The van der Waals surface area contributed by atoms with Crippen LogP contribution < -0.4 is 5.69 Å². The molecule has 0 amide bonds. The van der Waals surface area contributed by atoms with E-state index in [9.17, 15) is 4.79 Å². The van der Waals surface area contributed by atoms with Gasteiger partial charge in [0, 0.05) is 25.7 Å². The summed E-state index contributed by atoms with van der Waals surface area (Å²) in [6.07, 6.45) is 15.1. The first-order valence-electron chi connectivity index (χ1n) is 11.2. The summed E-state index contributed by atoms with van der Waals surface area (Å²) in [5, 5.41) is 0. The Morgan fingerprint density at radius 1 is 0.852 bits per heavy atom. The van der Waals surface area contributed by atoms with E-state index in [1.165, 1.54) is 64.3 Å². The molecule has 2 fully saturated rings. The van der Waals surface area contributed by atoms with Crippen molar-refractivity contribution in [1.82, 2.24) is 14.5 Å². The standard InChI is InChI=1S/C23H35N3O/c27-23-24-21-12-8-9-13-22(21)26(23)20-14-16-25(17-15-20)18-19-10-6-4-2-1-3-5-7-11-19/h8-9,12-13,19-20H,1-7,10-11,14-18H2,(H,24,27). The minimum atomic E-state index is 0.0574. The fourth-order valence-corrected chi connectivity index (χ4v) is 5.24. The van der Waals surface area contributed by atoms with Crippen molar-refractivity contribution in [3.63, 3.8) is 0 Å². The summed E-state index contributed by atoms with van der Waals surface area (Å²) in [6.45, 7) is 3.54. The van der Waals surface area contributed by atoms with Gasteiger partial charge in [-0.25, -0.2) is 4.79 Å². The number of benzene rings is 1. The molecular formula is C23H35N3O. The van der Waals surface area contributed by atoms with Gasteiger partial charge < -0.3 is 9.88 Å². The number of aromatic amines is 1. The number of nitrogens with zero attached hydrogens (tertiary/aromatic N) is 2. The average Bonchev–Trinajstić information content (AvgIpc) is 3.03. The lowest BCUT2D eigenvalue weighted by molar-refractivity contribution is 0.153. The SMILES string of the molecule is O=c1[nH]c2ccccc2n1C1CCN(CC2CCCCCCCCC2)CC1. The first-order valence-corrected chi connectivity index (χ1v) is 11.2. The number of rotatable bonds is 3. The number of imidazole rings is 1. The molecule has 2 aromatic rings. The Bertz CT molecular complexity index is 759. The molecule has 1 saturated heterocycles. The van der Waals surface area contributed by atoms with Crippen LogP contribution in [0.5, 0.6) is 0 Å². The summed E-state index contributed by atoms with van der Waals surface area (Å²) in [5.74, 6) is 0.885. The van der Waals surface area contributed by atoms with Gasteiger partial charge in [-0.1, -0.05) is 57.1 Å². The molecule has 4 heteroatoms. The lowest BCUT2D eigenvalue weighted by Crippen LogP contribution is -2.39. The smallest absolute Gasteiger partial charge is 0.306 e. The molecule has 0 unspecified atom stereocenters. The zero-order valence-corrected chi connectivity index (χ0v) is 16.7. The molecule has 27 heavy (non-hydrogen) atoms. The summed E-state index contributed by atoms with van der Waals surface area (Å²) >= 11 is 0. The quantitative estimate of drug-likeness (QED) is 0.817. The lowest BCUT2D eigenvalue weighted by Gasteiger charge is -2.35. The van der Waals surface area contributed by atoms with E-state index in [0.717, 1.165) is 42.9 Å². The van der Waals surface area contributed by atoms with E-state index in [2.05, 4.69) is 16.0 Å². The Balaban J connectivity index is 1.34. The molecule has 1 aromatic heterocycles. The third-order valence-electron chi connectivity index (χ3n) is 6.79. The molecule has 4 nitrogen and oxygen atoms in total. The number of H-pyrrole nitrogens is 1. The molecule has 0 spiro atoms. The topological polar surface area (TPSA) is 41.0 Å². The van der Waals surface area contributed by atoms with Gasteiger partial charge in [-0.2, -0.15) is 0 Å². The second-order valence-corrected chi connectivity index (χ2v) is 8.77. The first kappa shape index (κ1) is 18.8. The Labute approximate surface area is 163 Å². The van der Waals surface area contributed by atoms with Crippen LogP contribution in [0.25, 0.3) is 11.0 Å². The molecule has 0 atom stereocenters. The maximum absolute atomic E-state index is 12.5. The summed E-state index contributed by atoms with van der Waals surface area (Å²) in [6, 6.07) is 8.43. The summed E-state index contributed by atoms with van der Waals surface area (Å²) in [5.41, 5.74) is 2.08. The molecule has 1 aliphatic heterocycles. The molecule has 1 saturated carbocycles. The lowest BCUT2D eigenvalue weighted by atomic mass is 9.91. The average molecular weight is 370 g/mol. The molecule has 4 rings (SSSR count). The van der Waals surface area contributed by atoms with Gasteiger partial charge in [0.25, 0.3) is 0 Å². The van der Waals surface area contributed by atoms with Gasteiger partial charge in [-0.15, -0.1) is 0 Å². The molecule has 1 aliphatic carbocycles. The van der Waals surface area contributed by atoms with Crippen LogP contribution in [0.1, 0.15) is 76.7 Å². The number of aromatic nitrogens is 2. The van der Waals surface area contributed by atoms with Crippen molar-refractivity contribution in [3.8, 4) is 0 Å². The Hall–Kier alpha value is -1.55. The second-order valence-electron chi connectivity index (χ2n) is 8.77. The molecule has 1 N–H and O–H groups in total. The van der Waals surface area contributed by atoms with Crippen LogP contribution in [0.4, 0.5) is 0 Å². The zero-order valence-electron chi connectivity index (χ0n) is 16.7. The van der Waals surface area contributed by atoms with Gasteiger partial charge in [0.2, 0.25) is 0 Å². The third-order valence-corrected chi connectivity index (χ3v) is 6.79. The van der Waals surface area contributed by atoms with Crippen molar-refractivity contribution >= 4 is 11.0 Å². The van der Waals surface area contributed by atoms with Gasteiger partial charge in [0.15, 0.2) is 0 Å². The fraction of sp³-hybridized carbons (Fsp3) is 0.696. The summed E-state index contributed by atoms with van der Waals surface area (Å²) in [7, 11) is 0. The van der Waals surface area contributed by atoms with Crippen molar-refractivity contribution in [3.05, 3.63) is 34.7 Å². The number of hydrogen-bond acceptors (Lipinski definition) is 2. The van der Waals surface area contributed by atoms with E-state index in [1.807, 2.05) is 22.8 Å². The molecular weight excluding hydrogens is 334 g/mol.